The number of rotatable bonds is 7. The van der Waals surface area contributed by atoms with E-state index in [1.807, 2.05) is 27.7 Å². The van der Waals surface area contributed by atoms with Crippen LogP contribution in [0.15, 0.2) is 4.99 Å². The van der Waals surface area contributed by atoms with Gasteiger partial charge in [-0.2, -0.15) is 0 Å². The Labute approximate surface area is 166 Å². The Morgan fingerprint density at radius 1 is 1.29 bits per heavy atom. The number of nitrogens with zero attached hydrogens (tertiary/aromatic N) is 2. The maximum atomic E-state index is 11.8. The Bertz CT molecular complexity index is 537. The smallest absolute Gasteiger partial charge is 0.227 e. The number of guanidine groups is 1. The van der Waals surface area contributed by atoms with Crippen LogP contribution in [-0.4, -0.2) is 43.5 Å². The minimum atomic E-state index is -0.527. The van der Waals surface area contributed by atoms with E-state index >= 15 is 0 Å². The Kier molecular flexibility index (Phi) is 10.5. The fourth-order valence-electron chi connectivity index (χ4n) is 1.96. The van der Waals surface area contributed by atoms with Crippen molar-refractivity contribution in [1.82, 2.24) is 20.9 Å². The number of aromatic nitrogens is 1. The first-order valence-corrected chi connectivity index (χ1v) is 8.79. The van der Waals surface area contributed by atoms with Crippen LogP contribution in [0.4, 0.5) is 0 Å². The number of hydrogen-bond acceptors (Lipinski definition) is 4. The van der Waals surface area contributed by atoms with Crippen molar-refractivity contribution in [2.75, 3.05) is 26.7 Å². The molecule has 138 valence electrons. The molecule has 0 saturated heterocycles. The van der Waals surface area contributed by atoms with Crippen LogP contribution in [0.1, 0.15) is 36.3 Å². The topological polar surface area (TPSA) is 78.4 Å². The molecular formula is C16H30IN5OS. The van der Waals surface area contributed by atoms with Gasteiger partial charge in [-0.25, -0.2) is 4.98 Å². The van der Waals surface area contributed by atoms with Gasteiger partial charge in [-0.3, -0.25) is 9.79 Å². The van der Waals surface area contributed by atoms with E-state index in [1.54, 1.807) is 18.4 Å². The zero-order chi connectivity index (χ0) is 17.5. The molecule has 0 aliphatic carbocycles. The molecule has 24 heavy (non-hydrogen) atoms. The van der Waals surface area contributed by atoms with Crippen LogP contribution in [0.3, 0.4) is 0 Å². The second-order valence-electron chi connectivity index (χ2n) is 6.08. The summed E-state index contributed by atoms with van der Waals surface area (Å²) in [5.74, 6) is 0.723. The summed E-state index contributed by atoms with van der Waals surface area (Å²) in [5, 5.41) is 10.3. The van der Waals surface area contributed by atoms with E-state index in [4.69, 9.17) is 0 Å². The number of carbonyl (C=O) groups is 1. The summed E-state index contributed by atoms with van der Waals surface area (Å²) in [6.07, 6.45) is 0.864. The maximum Gasteiger partial charge on any atom is 0.227 e. The zero-order valence-corrected chi connectivity index (χ0v) is 18.6. The lowest BCUT2D eigenvalue weighted by atomic mass is 9.93. The molecule has 1 rings (SSSR count). The molecule has 0 bridgehead atoms. The van der Waals surface area contributed by atoms with Gasteiger partial charge in [0.15, 0.2) is 5.96 Å². The van der Waals surface area contributed by atoms with Crippen LogP contribution < -0.4 is 16.0 Å². The number of thiazole rings is 1. The highest BCUT2D eigenvalue weighted by molar-refractivity contribution is 14.0. The van der Waals surface area contributed by atoms with E-state index in [1.165, 1.54) is 4.88 Å². The number of aliphatic imine (C=N–C) groups is 1. The molecule has 0 atom stereocenters. The molecule has 0 spiro atoms. The molecule has 6 nitrogen and oxygen atoms in total. The predicted molar refractivity (Wildman–Crippen MR) is 113 cm³/mol. The number of aryl methyl sites for hydroxylation is 2. The van der Waals surface area contributed by atoms with Gasteiger partial charge in [0.25, 0.3) is 0 Å². The van der Waals surface area contributed by atoms with Crippen molar-refractivity contribution in [1.29, 1.82) is 0 Å². The van der Waals surface area contributed by atoms with Gasteiger partial charge in [-0.05, 0) is 34.6 Å². The normalized spacial score (nSPS) is 11.7. The Hall–Kier alpha value is -0.900. The maximum absolute atomic E-state index is 11.8. The van der Waals surface area contributed by atoms with Crippen LogP contribution in [-0.2, 0) is 11.2 Å². The number of amides is 1. The lowest BCUT2D eigenvalue weighted by Gasteiger charge is -2.21. The van der Waals surface area contributed by atoms with Crippen molar-refractivity contribution in [3.8, 4) is 0 Å². The molecule has 0 fully saturated rings. The van der Waals surface area contributed by atoms with E-state index in [-0.39, 0.29) is 29.9 Å². The van der Waals surface area contributed by atoms with Crippen LogP contribution >= 0.6 is 35.3 Å². The largest absolute Gasteiger partial charge is 0.359 e. The average molecular weight is 467 g/mol. The van der Waals surface area contributed by atoms with Gasteiger partial charge in [0, 0.05) is 31.4 Å². The van der Waals surface area contributed by atoms with Crippen molar-refractivity contribution < 1.29 is 4.79 Å². The van der Waals surface area contributed by atoms with Gasteiger partial charge in [-0.15, -0.1) is 35.3 Å². The number of halogens is 1. The van der Waals surface area contributed by atoms with E-state index in [0.29, 0.717) is 6.54 Å². The lowest BCUT2D eigenvalue weighted by Crippen LogP contribution is -2.41. The van der Waals surface area contributed by atoms with Crippen LogP contribution in [0.5, 0.6) is 0 Å². The minimum absolute atomic E-state index is 0. The van der Waals surface area contributed by atoms with E-state index in [2.05, 4.69) is 32.9 Å². The molecule has 0 aliphatic rings. The Balaban J connectivity index is 0.00000529. The summed E-state index contributed by atoms with van der Waals surface area (Å²) < 4.78 is 0. The molecule has 0 aliphatic heterocycles. The zero-order valence-electron chi connectivity index (χ0n) is 15.4. The molecule has 8 heteroatoms. The van der Waals surface area contributed by atoms with Crippen LogP contribution in [0.25, 0.3) is 0 Å². The first-order chi connectivity index (χ1) is 10.8. The SMILES string of the molecule is CCNC(=NCC(C)(C)C(=O)NC)NCCc1nc(C)c(C)s1.I. The number of hydrogen-bond donors (Lipinski definition) is 3. The predicted octanol–water partition coefficient (Wildman–Crippen LogP) is 2.25. The molecule has 1 aromatic rings. The Morgan fingerprint density at radius 2 is 1.96 bits per heavy atom. The van der Waals surface area contributed by atoms with E-state index in [9.17, 15) is 4.79 Å². The summed E-state index contributed by atoms with van der Waals surface area (Å²) in [4.78, 5) is 22.1. The highest BCUT2D eigenvalue weighted by atomic mass is 127. The molecule has 0 aromatic carbocycles. The van der Waals surface area contributed by atoms with Crippen LogP contribution in [0, 0.1) is 19.3 Å². The van der Waals surface area contributed by atoms with Gasteiger partial charge in [0.1, 0.15) is 0 Å². The molecule has 1 amide bonds. The van der Waals surface area contributed by atoms with Gasteiger partial charge in [0.05, 0.1) is 22.7 Å². The highest BCUT2D eigenvalue weighted by Crippen LogP contribution is 2.16. The molecule has 0 unspecified atom stereocenters. The molecule has 3 N–H and O–H groups in total. The first-order valence-electron chi connectivity index (χ1n) is 7.97. The molecule has 1 heterocycles. The molecular weight excluding hydrogens is 437 g/mol. The fourth-order valence-corrected chi connectivity index (χ4v) is 2.90. The molecule has 0 saturated carbocycles. The standard InChI is InChI=1S/C16H29N5OS.HI/c1-7-18-15(20-10-16(4,5)14(22)17-6)19-9-8-13-21-11(2)12(3)23-13;/h7-10H2,1-6H3,(H,17,22)(H2,18,19,20);1H. The number of nitrogens with one attached hydrogen (secondary N) is 3. The molecule has 1 aromatic heterocycles. The third-order valence-electron chi connectivity index (χ3n) is 3.52. The Morgan fingerprint density at radius 3 is 2.46 bits per heavy atom. The third-order valence-corrected chi connectivity index (χ3v) is 4.66. The van der Waals surface area contributed by atoms with E-state index < -0.39 is 5.41 Å². The number of carbonyl (C=O) groups excluding carboxylic acids is 1. The summed E-state index contributed by atoms with van der Waals surface area (Å²) in [6.45, 7) is 11.9. The first kappa shape index (κ1) is 23.1. The van der Waals surface area contributed by atoms with Crippen LogP contribution in [0.2, 0.25) is 0 Å². The van der Waals surface area contributed by atoms with Crippen molar-refractivity contribution in [3.63, 3.8) is 0 Å². The van der Waals surface area contributed by atoms with Crippen molar-refractivity contribution in [3.05, 3.63) is 15.6 Å². The highest BCUT2D eigenvalue weighted by Gasteiger charge is 2.26. The van der Waals surface area contributed by atoms with Crippen molar-refractivity contribution >= 4 is 47.2 Å². The summed E-state index contributed by atoms with van der Waals surface area (Å²) in [6, 6.07) is 0. The fraction of sp³-hybridized carbons (Fsp3) is 0.688. The lowest BCUT2D eigenvalue weighted by molar-refractivity contribution is -0.128. The minimum Gasteiger partial charge on any atom is -0.359 e. The third kappa shape index (κ3) is 7.33. The van der Waals surface area contributed by atoms with E-state index in [0.717, 1.165) is 36.2 Å². The molecule has 0 radical (unpaired) electrons. The summed E-state index contributed by atoms with van der Waals surface area (Å²) in [7, 11) is 1.65. The van der Waals surface area contributed by atoms with Crippen molar-refractivity contribution in [2.24, 2.45) is 10.4 Å². The summed E-state index contributed by atoms with van der Waals surface area (Å²) in [5.41, 5.74) is 0.582. The second kappa shape index (κ2) is 10.9. The quantitative estimate of drug-likeness (QED) is 0.327. The van der Waals surface area contributed by atoms with Crippen molar-refractivity contribution in [2.45, 2.75) is 41.0 Å². The summed E-state index contributed by atoms with van der Waals surface area (Å²) >= 11 is 1.74. The van der Waals surface area contributed by atoms with Gasteiger partial charge in [-0.1, -0.05) is 0 Å². The monoisotopic (exact) mass is 467 g/mol. The average Bonchev–Trinajstić information content (AvgIpc) is 2.82. The van der Waals surface area contributed by atoms with Gasteiger partial charge >= 0.3 is 0 Å². The van der Waals surface area contributed by atoms with Gasteiger partial charge in [0.2, 0.25) is 5.91 Å². The van der Waals surface area contributed by atoms with Gasteiger partial charge < -0.3 is 16.0 Å². The second-order valence-corrected chi connectivity index (χ2v) is 7.37.